The third-order valence-corrected chi connectivity index (χ3v) is 2.76. The van der Waals surface area contributed by atoms with E-state index in [1.54, 1.807) is 0 Å². The summed E-state index contributed by atoms with van der Waals surface area (Å²) in [6.45, 7) is 7.08. The molecule has 0 aromatic carbocycles. The van der Waals surface area contributed by atoms with Crippen molar-refractivity contribution in [2.24, 2.45) is 0 Å². The predicted molar refractivity (Wildman–Crippen MR) is 37.2 cm³/mol. The molecule has 0 amide bonds. The molecule has 0 aromatic rings. The first-order chi connectivity index (χ1) is 4.26. The first-order valence-corrected chi connectivity index (χ1v) is 3.78. The molecular weight excluding hydrogens is 112 g/mol. The monoisotopic (exact) mass is 126 g/mol. The van der Waals surface area contributed by atoms with E-state index in [0.717, 1.165) is 6.04 Å². The van der Waals surface area contributed by atoms with E-state index in [-0.39, 0.29) is 0 Å². The van der Waals surface area contributed by atoms with Gasteiger partial charge in [-0.1, -0.05) is 6.92 Å². The first-order valence-electron chi connectivity index (χ1n) is 3.78. The minimum atomic E-state index is 0.352. The second-order valence-electron chi connectivity index (χ2n) is 3.31. The van der Waals surface area contributed by atoms with Gasteiger partial charge in [0, 0.05) is 19.1 Å². The topological polar surface area (TPSA) is 15.0 Å². The van der Waals surface area contributed by atoms with Crippen LogP contribution < -0.4 is 5.32 Å². The molecule has 0 aromatic heterocycles. The summed E-state index contributed by atoms with van der Waals surface area (Å²) in [6.07, 6.45) is 1.23. The number of hydrogen-bond acceptors (Lipinski definition) is 2. The lowest BCUT2D eigenvalue weighted by atomic mass is 10.1. The lowest BCUT2D eigenvalue weighted by Crippen LogP contribution is -2.43. The van der Waals surface area contributed by atoms with Crippen molar-refractivity contribution in [3.05, 3.63) is 0 Å². The molecule has 1 N–H and O–H groups in total. The molecule has 2 heterocycles. The largest absolute Gasteiger partial charge is 0.298 e. The highest BCUT2D eigenvalue weighted by Crippen LogP contribution is 2.34. The van der Waals surface area contributed by atoms with E-state index in [2.05, 4.69) is 24.1 Å². The Bertz CT molecular complexity index is 135. The Morgan fingerprint density at radius 3 is 2.78 bits per heavy atom. The highest BCUT2D eigenvalue weighted by Gasteiger charge is 2.51. The molecule has 2 heteroatoms. The molecule has 9 heavy (non-hydrogen) atoms. The Morgan fingerprint density at radius 1 is 1.78 bits per heavy atom. The van der Waals surface area contributed by atoms with Gasteiger partial charge in [-0.2, -0.15) is 0 Å². The number of fused-ring (bicyclic) bond motifs is 1. The lowest BCUT2D eigenvalue weighted by molar-refractivity contribution is 0.231. The molecule has 2 nitrogen and oxygen atoms in total. The predicted octanol–water partition coefficient (Wildman–Crippen LogP) is 0.400. The van der Waals surface area contributed by atoms with E-state index in [1.165, 1.54) is 19.5 Å². The van der Waals surface area contributed by atoms with Crippen LogP contribution in [0, 0.1) is 0 Å². The SMILES string of the molecule is CCC1(C)NCC2CN21. The highest BCUT2D eigenvalue weighted by atomic mass is 15.5. The van der Waals surface area contributed by atoms with Crippen molar-refractivity contribution < 1.29 is 0 Å². The van der Waals surface area contributed by atoms with E-state index in [1.807, 2.05) is 0 Å². The van der Waals surface area contributed by atoms with Crippen LogP contribution in [0.5, 0.6) is 0 Å². The number of nitrogens with zero attached hydrogens (tertiary/aromatic N) is 1. The van der Waals surface area contributed by atoms with E-state index in [4.69, 9.17) is 0 Å². The summed E-state index contributed by atoms with van der Waals surface area (Å²) in [7, 11) is 0. The zero-order valence-electron chi connectivity index (χ0n) is 6.15. The van der Waals surface area contributed by atoms with Crippen LogP contribution in [0.3, 0.4) is 0 Å². The Morgan fingerprint density at radius 2 is 2.56 bits per heavy atom. The van der Waals surface area contributed by atoms with Gasteiger partial charge in [0.1, 0.15) is 0 Å². The Hall–Kier alpha value is -0.0800. The van der Waals surface area contributed by atoms with Crippen LogP contribution in [0.4, 0.5) is 0 Å². The maximum Gasteiger partial charge on any atom is 0.0685 e. The van der Waals surface area contributed by atoms with Crippen molar-refractivity contribution >= 4 is 0 Å². The molecule has 0 spiro atoms. The zero-order chi connectivity index (χ0) is 6.48. The van der Waals surface area contributed by atoms with Gasteiger partial charge in [-0.05, 0) is 13.3 Å². The second-order valence-corrected chi connectivity index (χ2v) is 3.31. The first kappa shape index (κ1) is 5.69. The Kier molecular flexibility index (Phi) is 0.945. The zero-order valence-corrected chi connectivity index (χ0v) is 6.15. The van der Waals surface area contributed by atoms with Gasteiger partial charge in [0.2, 0.25) is 0 Å². The summed E-state index contributed by atoms with van der Waals surface area (Å²) in [5.74, 6) is 0. The third kappa shape index (κ3) is 0.634. The maximum absolute atomic E-state index is 3.51. The molecule has 0 radical (unpaired) electrons. The van der Waals surface area contributed by atoms with Gasteiger partial charge >= 0.3 is 0 Å². The molecule has 2 fully saturated rings. The minimum Gasteiger partial charge on any atom is -0.298 e. The average Bonchev–Trinajstić information content (AvgIpc) is 2.58. The molecule has 2 aliphatic heterocycles. The van der Waals surface area contributed by atoms with Crippen molar-refractivity contribution in [1.82, 2.24) is 10.2 Å². The maximum atomic E-state index is 3.51. The molecule has 2 aliphatic rings. The van der Waals surface area contributed by atoms with Gasteiger partial charge in [-0.15, -0.1) is 0 Å². The average molecular weight is 126 g/mol. The smallest absolute Gasteiger partial charge is 0.0685 e. The van der Waals surface area contributed by atoms with Crippen molar-refractivity contribution in [2.75, 3.05) is 13.1 Å². The summed E-state index contributed by atoms with van der Waals surface area (Å²) in [5, 5.41) is 3.51. The molecule has 3 atom stereocenters. The summed E-state index contributed by atoms with van der Waals surface area (Å²) < 4.78 is 0. The van der Waals surface area contributed by atoms with Gasteiger partial charge in [-0.3, -0.25) is 10.2 Å². The van der Waals surface area contributed by atoms with Crippen molar-refractivity contribution in [1.29, 1.82) is 0 Å². The molecule has 0 aliphatic carbocycles. The van der Waals surface area contributed by atoms with Gasteiger partial charge in [-0.25, -0.2) is 0 Å². The Balaban J connectivity index is 2.11. The van der Waals surface area contributed by atoms with Crippen LogP contribution >= 0.6 is 0 Å². The summed E-state index contributed by atoms with van der Waals surface area (Å²) in [6, 6.07) is 0.884. The normalized spacial score (nSPS) is 55.3. The van der Waals surface area contributed by atoms with Crippen LogP contribution in [0.1, 0.15) is 20.3 Å². The van der Waals surface area contributed by atoms with E-state index >= 15 is 0 Å². The number of hydrogen-bond donors (Lipinski definition) is 1. The Labute approximate surface area is 56.2 Å². The van der Waals surface area contributed by atoms with Gasteiger partial charge in [0.25, 0.3) is 0 Å². The minimum absolute atomic E-state index is 0.352. The van der Waals surface area contributed by atoms with Crippen LogP contribution in [0.25, 0.3) is 0 Å². The molecule has 52 valence electrons. The summed E-state index contributed by atoms with van der Waals surface area (Å²) in [4.78, 5) is 2.53. The summed E-state index contributed by atoms with van der Waals surface area (Å²) >= 11 is 0. The molecule has 0 bridgehead atoms. The third-order valence-electron chi connectivity index (χ3n) is 2.76. The van der Waals surface area contributed by atoms with Crippen molar-refractivity contribution in [2.45, 2.75) is 32.0 Å². The summed E-state index contributed by atoms with van der Waals surface area (Å²) in [5.41, 5.74) is 0.352. The van der Waals surface area contributed by atoms with Crippen molar-refractivity contribution in [3.63, 3.8) is 0 Å². The van der Waals surface area contributed by atoms with Crippen LogP contribution in [0.15, 0.2) is 0 Å². The van der Waals surface area contributed by atoms with Gasteiger partial charge in [0.05, 0.1) is 5.66 Å². The molecular formula is C7H14N2. The highest BCUT2D eigenvalue weighted by molar-refractivity contribution is 5.07. The fourth-order valence-electron chi connectivity index (χ4n) is 1.73. The van der Waals surface area contributed by atoms with Gasteiger partial charge in [0.15, 0.2) is 0 Å². The molecule has 0 saturated carbocycles. The van der Waals surface area contributed by atoms with Crippen LogP contribution in [-0.2, 0) is 0 Å². The number of nitrogens with one attached hydrogen (secondary N) is 1. The quantitative estimate of drug-likeness (QED) is 0.511. The molecule has 2 rings (SSSR count). The van der Waals surface area contributed by atoms with Gasteiger partial charge < -0.3 is 0 Å². The second kappa shape index (κ2) is 1.50. The van der Waals surface area contributed by atoms with E-state index in [0.29, 0.717) is 5.66 Å². The van der Waals surface area contributed by atoms with E-state index in [9.17, 15) is 0 Å². The fraction of sp³-hybridized carbons (Fsp3) is 1.00. The molecule has 2 saturated heterocycles. The fourth-order valence-corrected chi connectivity index (χ4v) is 1.73. The number of rotatable bonds is 1. The lowest BCUT2D eigenvalue weighted by Gasteiger charge is -2.26. The standard InChI is InChI=1S/C7H14N2/c1-3-7(2)8-4-6-5-9(6)7/h6,8H,3-5H2,1-2H3. The van der Waals surface area contributed by atoms with E-state index < -0.39 is 0 Å². The molecule has 3 unspecified atom stereocenters. The van der Waals surface area contributed by atoms with Crippen LogP contribution in [0.2, 0.25) is 0 Å². The van der Waals surface area contributed by atoms with Crippen LogP contribution in [-0.4, -0.2) is 29.7 Å². The van der Waals surface area contributed by atoms with Crippen molar-refractivity contribution in [3.8, 4) is 0 Å².